The Morgan fingerprint density at radius 3 is 1.87 bits per heavy atom. The van der Waals surface area contributed by atoms with Crippen LogP contribution in [0.25, 0.3) is 5.57 Å². The summed E-state index contributed by atoms with van der Waals surface area (Å²) in [6.45, 7) is 15.9. The zero-order chi connectivity index (χ0) is 29.1. The van der Waals surface area contributed by atoms with Crippen molar-refractivity contribution in [1.29, 1.82) is 0 Å². The van der Waals surface area contributed by atoms with Crippen LogP contribution in [0.2, 0.25) is 13.3 Å². The van der Waals surface area contributed by atoms with Crippen molar-refractivity contribution in [1.82, 2.24) is 0 Å². The van der Waals surface area contributed by atoms with Crippen LogP contribution in [0.4, 0.5) is 0 Å². The van der Waals surface area contributed by atoms with Crippen molar-refractivity contribution < 1.29 is 19.1 Å². The van der Waals surface area contributed by atoms with E-state index in [2.05, 4.69) is 57.4 Å². The first-order valence-electron chi connectivity index (χ1n) is 15.2. The van der Waals surface area contributed by atoms with Crippen molar-refractivity contribution in [3.05, 3.63) is 52.1 Å². The van der Waals surface area contributed by atoms with Gasteiger partial charge in [0.2, 0.25) is 0 Å². The zero-order valence-corrected chi connectivity index (χ0v) is 28.7. The second kappa shape index (κ2) is 15.4. The number of carbonyl (C=O) groups excluding carboxylic acids is 2. The Labute approximate surface area is 242 Å². The predicted molar refractivity (Wildman–Crippen MR) is 166 cm³/mol. The minimum absolute atomic E-state index is 0.0807. The van der Waals surface area contributed by atoms with Crippen LogP contribution in [-0.4, -0.2) is 44.5 Å². The first-order chi connectivity index (χ1) is 18.5. The monoisotopic (exact) mass is 646 g/mol. The maximum absolute atomic E-state index is 13.3. The SMILES string of the molecule is C=C(CC(C)(C)C1CC(C(=O)OC)(C(=O)OC)C/C1=[CH]\[Sn]([CH2]CCC)([CH2]CCC)[CH2]CCC)c1ccccc1. The van der Waals surface area contributed by atoms with Crippen molar-refractivity contribution in [2.24, 2.45) is 16.7 Å². The summed E-state index contributed by atoms with van der Waals surface area (Å²) in [6, 6.07) is 10.3. The van der Waals surface area contributed by atoms with Gasteiger partial charge in [-0.05, 0) is 0 Å². The maximum atomic E-state index is 13.3. The van der Waals surface area contributed by atoms with Crippen molar-refractivity contribution in [2.45, 2.75) is 106 Å². The number of esters is 2. The fourth-order valence-electron chi connectivity index (χ4n) is 6.76. The third-order valence-corrected chi connectivity index (χ3v) is 23.4. The number of unbranched alkanes of at least 4 members (excludes halogenated alkanes) is 3. The molecular weight excluding hydrogens is 591 g/mol. The molecular formula is C34H54O4Sn. The van der Waals surface area contributed by atoms with Gasteiger partial charge in [-0.15, -0.1) is 0 Å². The number of allylic oxidation sites excluding steroid dienone is 2. The fourth-order valence-corrected chi connectivity index (χ4v) is 22.3. The van der Waals surface area contributed by atoms with Gasteiger partial charge in [0.15, 0.2) is 0 Å². The van der Waals surface area contributed by atoms with Crippen LogP contribution in [0.15, 0.2) is 46.6 Å². The van der Waals surface area contributed by atoms with Crippen LogP contribution < -0.4 is 0 Å². The third kappa shape index (κ3) is 8.47. The van der Waals surface area contributed by atoms with Gasteiger partial charge in [0.25, 0.3) is 0 Å². The van der Waals surface area contributed by atoms with E-state index in [1.54, 1.807) is 0 Å². The second-order valence-electron chi connectivity index (χ2n) is 12.5. The first-order valence-corrected chi connectivity index (χ1v) is 22.9. The van der Waals surface area contributed by atoms with E-state index in [4.69, 9.17) is 9.47 Å². The Hall–Kier alpha value is -1.56. The molecule has 0 bridgehead atoms. The molecule has 0 saturated heterocycles. The molecule has 0 heterocycles. The van der Waals surface area contributed by atoms with E-state index in [0.29, 0.717) is 12.8 Å². The summed E-state index contributed by atoms with van der Waals surface area (Å²) in [5, 5.41) is 0. The molecule has 1 aromatic carbocycles. The molecule has 0 spiro atoms. The topological polar surface area (TPSA) is 52.6 Å². The minimum atomic E-state index is -2.74. The van der Waals surface area contributed by atoms with Gasteiger partial charge in [-0.2, -0.15) is 0 Å². The number of hydrogen-bond acceptors (Lipinski definition) is 4. The number of benzene rings is 1. The van der Waals surface area contributed by atoms with E-state index in [9.17, 15) is 9.59 Å². The standard InChI is InChI=1S/C22H27O4.3C4H9.Sn/c1-15(17-10-8-7-9-11-17)12-21(3,4)18-14-22(13-16(18)2,19(23)25-5)20(24)26-6;3*1-3-4-2;/h2,7-11,18H,1,12-14H2,3-6H3;3*1,3-4H2,2H3;. The van der Waals surface area contributed by atoms with Crippen molar-refractivity contribution in [3.8, 4) is 0 Å². The molecule has 0 aromatic heterocycles. The Balaban J connectivity index is 2.66. The number of ether oxygens (including phenoxy) is 2. The van der Waals surface area contributed by atoms with Gasteiger partial charge in [0, 0.05) is 0 Å². The van der Waals surface area contributed by atoms with Gasteiger partial charge in [-0.25, -0.2) is 0 Å². The molecule has 1 aliphatic rings. The first kappa shape index (κ1) is 33.6. The van der Waals surface area contributed by atoms with Crippen LogP contribution in [0.3, 0.4) is 0 Å². The summed E-state index contributed by atoms with van der Waals surface area (Å²) in [6.07, 6.45) is 9.08. The van der Waals surface area contributed by atoms with Gasteiger partial charge < -0.3 is 0 Å². The Morgan fingerprint density at radius 2 is 1.44 bits per heavy atom. The number of methoxy groups -OCH3 is 2. The third-order valence-electron chi connectivity index (χ3n) is 9.03. The van der Waals surface area contributed by atoms with Gasteiger partial charge in [-0.3, -0.25) is 0 Å². The molecule has 5 heteroatoms. The van der Waals surface area contributed by atoms with Crippen LogP contribution in [0.1, 0.15) is 98.0 Å². The van der Waals surface area contributed by atoms with Crippen molar-refractivity contribution >= 4 is 35.9 Å². The summed E-state index contributed by atoms with van der Waals surface area (Å²) in [5.74, 6) is -0.842. The molecule has 1 aromatic rings. The van der Waals surface area contributed by atoms with Crippen molar-refractivity contribution in [3.63, 3.8) is 0 Å². The molecule has 218 valence electrons. The summed E-state index contributed by atoms with van der Waals surface area (Å²) < 4.78 is 17.3. The Morgan fingerprint density at radius 1 is 0.949 bits per heavy atom. The summed E-state index contributed by atoms with van der Waals surface area (Å²) in [4.78, 5) is 26.7. The van der Waals surface area contributed by atoms with E-state index in [-0.39, 0.29) is 11.3 Å². The van der Waals surface area contributed by atoms with Crippen LogP contribution in [0, 0.1) is 16.7 Å². The molecule has 0 radical (unpaired) electrons. The molecule has 0 aliphatic heterocycles. The molecule has 39 heavy (non-hydrogen) atoms. The molecule has 4 nitrogen and oxygen atoms in total. The van der Waals surface area contributed by atoms with Gasteiger partial charge in [-0.1, -0.05) is 0 Å². The molecule has 0 amide bonds. The summed E-state index contributed by atoms with van der Waals surface area (Å²) in [5.41, 5.74) is 2.08. The van der Waals surface area contributed by atoms with E-state index in [1.807, 2.05) is 18.2 Å². The average Bonchev–Trinajstić information content (AvgIpc) is 3.34. The van der Waals surface area contributed by atoms with E-state index in [1.165, 1.54) is 71.6 Å². The number of carbonyl (C=O) groups is 2. The predicted octanol–water partition coefficient (Wildman–Crippen LogP) is 9.17. The molecule has 0 N–H and O–H groups in total. The van der Waals surface area contributed by atoms with Gasteiger partial charge in [0.05, 0.1) is 0 Å². The van der Waals surface area contributed by atoms with E-state index >= 15 is 0 Å². The van der Waals surface area contributed by atoms with Crippen LogP contribution in [0.5, 0.6) is 0 Å². The molecule has 1 unspecified atom stereocenters. The zero-order valence-electron chi connectivity index (χ0n) is 25.9. The quantitative estimate of drug-likeness (QED) is 0.102. The second-order valence-corrected chi connectivity index (χ2v) is 25.4. The molecule has 1 atom stereocenters. The fraction of sp³-hybridized carbons (Fsp3) is 0.647. The normalized spacial score (nSPS) is 18.2. The van der Waals surface area contributed by atoms with Gasteiger partial charge in [0.1, 0.15) is 0 Å². The van der Waals surface area contributed by atoms with Crippen LogP contribution in [-0.2, 0) is 19.1 Å². The Kier molecular flexibility index (Phi) is 13.3. The van der Waals surface area contributed by atoms with E-state index < -0.39 is 35.7 Å². The number of rotatable bonds is 16. The molecule has 1 saturated carbocycles. The average molecular weight is 646 g/mol. The summed E-state index contributed by atoms with van der Waals surface area (Å²) >= 11 is -2.74. The van der Waals surface area contributed by atoms with Crippen LogP contribution >= 0.6 is 0 Å². The van der Waals surface area contributed by atoms with Crippen molar-refractivity contribution in [2.75, 3.05) is 14.2 Å². The summed E-state index contributed by atoms with van der Waals surface area (Å²) in [7, 11) is 2.78. The molecule has 2 rings (SSSR count). The molecule has 1 aliphatic carbocycles. The van der Waals surface area contributed by atoms with E-state index in [0.717, 1.165) is 17.6 Å². The number of hydrogen-bond donors (Lipinski definition) is 0. The molecule has 1 fully saturated rings. The Bertz CT molecular complexity index is 940. The van der Waals surface area contributed by atoms with Gasteiger partial charge >= 0.3 is 244 Å².